The molecule has 0 unspecified atom stereocenters. The smallest absolute Gasteiger partial charge is 0.338 e. The largest absolute Gasteiger partial charge is 0.452 e. The number of nitrogens with zero attached hydrogens (tertiary/aromatic N) is 1. The highest BCUT2D eigenvalue weighted by molar-refractivity contribution is 6.33. The van der Waals surface area contributed by atoms with Gasteiger partial charge in [-0.3, -0.25) is 9.59 Å². The lowest BCUT2D eigenvalue weighted by Gasteiger charge is -2.33. The summed E-state index contributed by atoms with van der Waals surface area (Å²) < 4.78 is 5.09. The SMILES string of the molecule is O=C(COC(=O)c1ccc2c(c1)NC(=O)[C@H]1CCCN21)Nc1ccccc1Cl. The summed E-state index contributed by atoms with van der Waals surface area (Å²) in [6.07, 6.45) is 1.79. The summed E-state index contributed by atoms with van der Waals surface area (Å²) in [7, 11) is 0. The molecule has 0 aromatic heterocycles. The zero-order valence-corrected chi connectivity index (χ0v) is 15.7. The van der Waals surface area contributed by atoms with Gasteiger partial charge in [-0.1, -0.05) is 23.7 Å². The van der Waals surface area contributed by atoms with Gasteiger partial charge in [0.25, 0.3) is 5.91 Å². The number of para-hydroxylation sites is 1. The van der Waals surface area contributed by atoms with Gasteiger partial charge in [-0.15, -0.1) is 0 Å². The van der Waals surface area contributed by atoms with Gasteiger partial charge < -0.3 is 20.3 Å². The van der Waals surface area contributed by atoms with Crippen LogP contribution in [-0.2, 0) is 14.3 Å². The molecule has 28 heavy (non-hydrogen) atoms. The van der Waals surface area contributed by atoms with Crippen molar-refractivity contribution in [2.75, 3.05) is 28.7 Å². The fourth-order valence-corrected chi connectivity index (χ4v) is 3.70. The van der Waals surface area contributed by atoms with Gasteiger partial charge in [-0.2, -0.15) is 0 Å². The Bertz CT molecular complexity index is 962. The van der Waals surface area contributed by atoms with Crippen molar-refractivity contribution < 1.29 is 19.1 Å². The summed E-state index contributed by atoms with van der Waals surface area (Å²) in [4.78, 5) is 38.6. The van der Waals surface area contributed by atoms with E-state index in [-0.39, 0.29) is 17.5 Å². The molecular formula is C20H18ClN3O4. The third-order valence-electron chi connectivity index (χ3n) is 4.84. The van der Waals surface area contributed by atoms with Crippen molar-refractivity contribution >= 4 is 46.4 Å². The van der Waals surface area contributed by atoms with Gasteiger partial charge in [-0.05, 0) is 43.2 Å². The van der Waals surface area contributed by atoms with Gasteiger partial charge in [-0.25, -0.2) is 4.79 Å². The number of halogens is 1. The first kappa shape index (κ1) is 18.3. The van der Waals surface area contributed by atoms with Crippen LogP contribution in [0.25, 0.3) is 0 Å². The molecule has 8 heteroatoms. The molecule has 2 amide bonds. The van der Waals surface area contributed by atoms with Crippen molar-refractivity contribution in [3.8, 4) is 0 Å². The Balaban J connectivity index is 1.40. The van der Waals surface area contributed by atoms with E-state index in [0.717, 1.165) is 25.1 Å². The van der Waals surface area contributed by atoms with Crippen LogP contribution in [0, 0.1) is 0 Å². The third-order valence-corrected chi connectivity index (χ3v) is 5.17. The molecule has 2 N–H and O–H groups in total. The molecule has 0 saturated carbocycles. The van der Waals surface area contributed by atoms with Gasteiger partial charge >= 0.3 is 5.97 Å². The van der Waals surface area contributed by atoms with E-state index in [4.69, 9.17) is 16.3 Å². The van der Waals surface area contributed by atoms with E-state index in [2.05, 4.69) is 15.5 Å². The maximum Gasteiger partial charge on any atom is 0.338 e. The van der Waals surface area contributed by atoms with Crippen molar-refractivity contribution in [3.05, 3.63) is 53.1 Å². The molecule has 2 aromatic carbocycles. The molecule has 144 valence electrons. The Morgan fingerprint density at radius 1 is 1.25 bits per heavy atom. The van der Waals surface area contributed by atoms with E-state index in [1.165, 1.54) is 0 Å². The Morgan fingerprint density at radius 3 is 2.89 bits per heavy atom. The zero-order valence-electron chi connectivity index (χ0n) is 14.9. The highest BCUT2D eigenvalue weighted by Gasteiger charge is 2.36. The zero-order chi connectivity index (χ0) is 19.7. The molecule has 2 aromatic rings. The molecule has 0 radical (unpaired) electrons. The Morgan fingerprint density at radius 2 is 2.07 bits per heavy atom. The number of carbonyl (C=O) groups excluding carboxylic acids is 3. The number of carbonyl (C=O) groups is 3. The maximum atomic E-state index is 12.3. The number of ether oxygens (including phenoxy) is 1. The van der Waals surface area contributed by atoms with Crippen molar-refractivity contribution in [2.45, 2.75) is 18.9 Å². The Hall–Kier alpha value is -3.06. The van der Waals surface area contributed by atoms with Gasteiger partial charge in [0.2, 0.25) is 5.91 Å². The topological polar surface area (TPSA) is 87.7 Å². The third kappa shape index (κ3) is 3.53. The summed E-state index contributed by atoms with van der Waals surface area (Å²) in [6.45, 7) is 0.374. The van der Waals surface area contributed by atoms with Crippen LogP contribution in [-0.4, -0.2) is 37.0 Å². The highest BCUT2D eigenvalue weighted by Crippen LogP contribution is 2.37. The van der Waals surface area contributed by atoms with Gasteiger partial charge in [0.05, 0.1) is 27.6 Å². The van der Waals surface area contributed by atoms with E-state index in [1.807, 2.05) is 0 Å². The lowest BCUT2D eigenvalue weighted by molar-refractivity contribution is -0.119. The molecule has 0 bridgehead atoms. The van der Waals surface area contributed by atoms with Crippen LogP contribution in [0.4, 0.5) is 17.1 Å². The highest BCUT2D eigenvalue weighted by atomic mass is 35.5. The van der Waals surface area contributed by atoms with Crippen molar-refractivity contribution in [3.63, 3.8) is 0 Å². The quantitative estimate of drug-likeness (QED) is 0.771. The number of hydrogen-bond acceptors (Lipinski definition) is 5. The molecule has 1 fully saturated rings. The van der Waals surface area contributed by atoms with E-state index >= 15 is 0 Å². The number of amides is 2. The first-order valence-corrected chi connectivity index (χ1v) is 9.34. The van der Waals surface area contributed by atoms with E-state index in [0.29, 0.717) is 16.4 Å². The van der Waals surface area contributed by atoms with E-state index in [9.17, 15) is 14.4 Å². The first-order chi connectivity index (χ1) is 13.5. The number of nitrogens with one attached hydrogen (secondary N) is 2. The second kappa shape index (κ2) is 7.52. The predicted octanol–water partition coefficient (Wildman–Crippen LogP) is 3.06. The minimum Gasteiger partial charge on any atom is -0.452 e. The van der Waals surface area contributed by atoms with Crippen molar-refractivity contribution in [2.24, 2.45) is 0 Å². The summed E-state index contributed by atoms with van der Waals surface area (Å²) in [5.41, 5.74) is 2.19. The minimum absolute atomic E-state index is 0.0605. The first-order valence-electron chi connectivity index (χ1n) is 8.96. The normalized spacial score (nSPS) is 17.4. The van der Waals surface area contributed by atoms with Crippen molar-refractivity contribution in [1.29, 1.82) is 0 Å². The molecule has 2 aliphatic heterocycles. The summed E-state index contributed by atoms with van der Waals surface area (Å²) in [5, 5.41) is 5.83. The predicted molar refractivity (Wildman–Crippen MR) is 106 cm³/mol. The van der Waals surface area contributed by atoms with E-state index < -0.39 is 18.5 Å². The summed E-state index contributed by atoms with van der Waals surface area (Å²) in [6, 6.07) is 11.7. The molecule has 1 atom stereocenters. The van der Waals surface area contributed by atoms with Crippen LogP contribution in [0.5, 0.6) is 0 Å². The molecular weight excluding hydrogens is 382 g/mol. The Kier molecular flexibility index (Phi) is 4.92. The van der Waals surface area contributed by atoms with Crippen LogP contribution in [0.1, 0.15) is 23.2 Å². The van der Waals surface area contributed by atoms with Gasteiger partial charge in [0.15, 0.2) is 6.61 Å². The summed E-state index contributed by atoms with van der Waals surface area (Å²) >= 11 is 5.98. The van der Waals surface area contributed by atoms with Crippen LogP contribution < -0.4 is 15.5 Å². The van der Waals surface area contributed by atoms with Crippen LogP contribution in [0.15, 0.2) is 42.5 Å². The molecule has 7 nitrogen and oxygen atoms in total. The monoisotopic (exact) mass is 399 g/mol. The molecule has 2 heterocycles. The number of hydrogen-bond donors (Lipinski definition) is 2. The number of benzene rings is 2. The molecule has 4 rings (SSSR count). The van der Waals surface area contributed by atoms with Gasteiger partial charge in [0.1, 0.15) is 6.04 Å². The lowest BCUT2D eigenvalue weighted by atomic mass is 10.1. The average molecular weight is 400 g/mol. The molecule has 0 spiro atoms. The number of fused-ring (bicyclic) bond motifs is 3. The fraction of sp³-hybridized carbons (Fsp3) is 0.250. The molecule has 0 aliphatic carbocycles. The second-order valence-corrected chi connectivity index (χ2v) is 7.08. The van der Waals surface area contributed by atoms with Crippen LogP contribution in [0.3, 0.4) is 0 Å². The number of esters is 1. The Labute approximate surface area is 166 Å². The number of rotatable bonds is 4. The number of anilines is 3. The van der Waals surface area contributed by atoms with Gasteiger partial charge in [0, 0.05) is 6.54 Å². The lowest BCUT2D eigenvalue weighted by Crippen LogP contribution is -2.43. The van der Waals surface area contributed by atoms with Crippen LogP contribution >= 0.6 is 11.6 Å². The summed E-state index contributed by atoms with van der Waals surface area (Å²) in [5.74, 6) is -1.20. The van der Waals surface area contributed by atoms with E-state index in [1.54, 1.807) is 42.5 Å². The molecule has 1 saturated heterocycles. The maximum absolute atomic E-state index is 12.3. The second-order valence-electron chi connectivity index (χ2n) is 6.68. The molecule has 2 aliphatic rings. The van der Waals surface area contributed by atoms with Crippen LogP contribution in [0.2, 0.25) is 5.02 Å². The average Bonchev–Trinajstić information content (AvgIpc) is 3.18. The fourth-order valence-electron chi connectivity index (χ4n) is 3.52. The van der Waals surface area contributed by atoms with Crippen molar-refractivity contribution in [1.82, 2.24) is 0 Å². The minimum atomic E-state index is -0.644. The standard InChI is InChI=1S/C20H18ClN3O4/c21-13-4-1-2-5-14(13)22-18(25)11-28-20(27)12-7-8-16-15(10-12)23-19(26)17-6-3-9-24(16)17/h1-2,4-5,7-8,10,17H,3,6,9,11H2,(H,22,25)(H,23,26)/t17-/m1/s1.